The molecule has 0 spiro atoms. The number of benzene rings is 3. The van der Waals surface area contributed by atoms with E-state index in [1.165, 1.54) is 12.1 Å². The van der Waals surface area contributed by atoms with Crippen molar-refractivity contribution in [2.75, 3.05) is 26.2 Å². The van der Waals surface area contributed by atoms with Crippen LogP contribution < -0.4 is 0 Å². The van der Waals surface area contributed by atoms with Gasteiger partial charge in [-0.1, -0.05) is 64.5 Å². The summed E-state index contributed by atoms with van der Waals surface area (Å²) < 4.78 is 40.1. The molecular weight excluding hydrogens is 481 g/mol. The summed E-state index contributed by atoms with van der Waals surface area (Å²) >= 11 is 3.48. The van der Waals surface area contributed by atoms with Gasteiger partial charge in [-0.25, -0.2) is 0 Å². The Bertz CT molecular complexity index is 1060. The molecule has 7 heteroatoms. The van der Waals surface area contributed by atoms with E-state index >= 15 is 0 Å². The third-order valence-corrected chi connectivity index (χ3v) is 6.23. The van der Waals surface area contributed by atoms with Gasteiger partial charge in [-0.2, -0.15) is 13.2 Å². The summed E-state index contributed by atoms with van der Waals surface area (Å²) in [6.07, 6.45) is -4.47. The van der Waals surface area contributed by atoms with E-state index in [9.17, 15) is 18.0 Å². The lowest BCUT2D eigenvalue weighted by molar-refractivity contribution is -0.137. The van der Waals surface area contributed by atoms with Crippen LogP contribution in [0.2, 0.25) is 0 Å². The maximum absolute atomic E-state index is 13.0. The fourth-order valence-electron chi connectivity index (χ4n) is 4.09. The third-order valence-electron chi connectivity index (χ3n) is 5.70. The van der Waals surface area contributed by atoms with Crippen molar-refractivity contribution in [1.82, 2.24) is 9.80 Å². The maximum Gasteiger partial charge on any atom is 0.416 e. The molecule has 4 rings (SSSR count). The monoisotopic (exact) mass is 502 g/mol. The fourth-order valence-corrected chi connectivity index (χ4v) is 4.35. The molecule has 1 aliphatic heterocycles. The zero-order chi connectivity index (χ0) is 22.7. The summed E-state index contributed by atoms with van der Waals surface area (Å²) in [5.41, 5.74) is 1.58. The second-order valence-electron chi connectivity index (χ2n) is 7.77. The Balaban J connectivity index is 1.51. The van der Waals surface area contributed by atoms with Gasteiger partial charge in [-0.15, -0.1) is 0 Å². The van der Waals surface area contributed by atoms with E-state index in [4.69, 9.17) is 0 Å². The highest BCUT2D eigenvalue weighted by molar-refractivity contribution is 9.10. The van der Waals surface area contributed by atoms with Gasteiger partial charge < -0.3 is 4.90 Å². The van der Waals surface area contributed by atoms with E-state index in [1.54, 1.807) is 4.90 Å². The van der Waals surface area contributed by atoms with Crippen LogP contribution in [0.25, 0.3) is 0 Å². The van der Waals surface area contributed by atoms with Crippen molar-refractivity contribution in [3.63, 3.8) is 0 Å². The second-order valence-corrected chi connectivity index (χ2v) is 8.69. The largest absolute Gasteiger partial charge is 0.416 e. The number of alkyl halides is 3. The van der Waals surface area contributed by atoms with E-state index in [0.717, 1.165) is 27.7 Å². The van der Waals surface area contributed by atoms with Crippen LogP contribution in [0, 0.1) is 0 Å². The van der Waals surface area contributed by atoms with E-state index in [-0.39, 0.29) is 17.5 Å². The standard InChI is InChI=1S/C25H22BrF3N2O/c26-22-11-9-19(10-12-22)23(18-5-2-1-3-6-18)30-13-15-31(16-14-30)24(32)20-7-4-8-21(17-20)25(27,28)29/h1-12,17,23H,13-16H2/t23-/m0/s1. The van der Waals surface area contributed by atoms with Gasteiger partial charge in [-0.3, -0.25) is 9.69 Å². The molecule has 166 valence electrons. The van der Waals surface area contributed by atoms with Gasteiger partial charge in [0, 0.05) is 36.2 Å². The van der Waals surface area contributed by atoms with Gasteiger partial charge in [0.1, 0.15) is 0 Å². The smallest absolute Gasteiger partial charge is 0.336 e. The van der Waals surface area contributed by atoms with Crippen molar-refractivity contribution in [3.8, 4) is 0 Å². The lowest BCUT2D eigenvalue weighted by atomic mass is 9.96. The Morgan fingerprint density at radius 1 is 0.812 bits per heavy atom. The van der Waals surface area contributed by atoms with Gasteiger partial charge in [-0.05, 0) is 41.5 Å². The van der Waals surface area contributed by atoms with Crippen molar-refractivity contribution >= 4 is 21.8 Å². The average molecular weight is 503 g/mol. The van der Waals surface area contributed by atoms with Crippen LogP contribution in [-0.4, -0.2) is 41.9 Å². The number of rotatable bonds is 4. The van der Waals surface area contributed by atoms with Crippen LogP contribution in [-0.2, 0) is 6.18 Å². The van der Waals surface area contributed by atoms with Crippen molar-refractivity contribution in [2.45, 2.75) is 12.2 Å². The quantitative estimate of drug-likeness (QED) is 0.435. The molecule has 1 fully saturated rings. The minimum absolute atomic E-state index is 0.0371. The van der Waals surface area contributed by atoms with Gasteiger partial charge >= 0.3 is 6.18 Å². The van der Waals surface area contributed by atoms with Crippen molar-refractivity contribution in [3.05, 3.63) is 106 Å². The molecule has 0 N–H and O–H groups in total. The molecule has 3 nitrogen and oxygen atoms in total. The van der Waals surface area contributed by atoms with Crippen molar-refractivity contribution < 1.29 is 18.0 Å². The molecule has 1 heterocycles. The zero-order valence-corrected chi connectivity index (χ0v) is 18.8. The van der Waals surface area contributed by atoms with Crippen LogP contribution in [0.5, 0.6) is 0 Å². The maximum atomic E-state index is 13.0. The molecular formula is C25H22BrF3N2O. The first-order chi connectivity index (χ1) is 15.3. The minimum atomic E-state index is -4.47. The van der Waals surface area contributed by atoms with Gasteiger partial charge in [0.25, 0.3) is 5.91 Å². The molecule has 0 aliphatic carbocycles. The molecule has 0 radical (unpaired) electrons. The number of halogens is 4. The normalized spacial score (nSPS) is 16.1. The molecule has 1 atom stereocenters. The summed E-state index contributed by atoms with van der Waals surface area (Å²) in [5.74, 6) is -0.365. The average Bonchev–Trinajstić information content (AvgIpc) is 2.81. The van der Waals surface area contributed by atoms with Crippen molar-refractivity contribution in [2.24, 2.45) is 0 Å². The Hall–Kier alpha value is -2.64. The molecule has 32 heavy (non-hydrogen) atoms. The van der Waals surface area contributed by atoms with Crippen LogP contribution in [0.15, 0.2) is 83.3 Å². The molecule has 0 saturated carbocycles. The first-order valence-electron chi connectivity index (χ1n) is 10.3. The van der Waals surface area contributed by atoms with Gasteiger partial charge in [0.2, 0.25) is 0 Å². The molecule has 1 aliphatic rings. The number of piperazine rings is 1. The summed E-state index contributed by atoms with van der Waals surface area (Å²) in [6, 6.07) is 23.1. The summed E-state index contributed by atoms with van der Waals surface area (Å²) in [4.78, 5) is 16.8. The number of carbonyl (C=O) groups is 1. The highest BCUT2D eigenvalue weighted by atomic mass is 79.9. The number of nitrogens with zero attached hydrogens (tertiary/aromatic N) is 2. The molecule has 0 aromatic heterocycles. The number of hydrogen-bond donors (Lipinski definition) is 0. The Morgan fingerprint density at radius 2 is 1.44 bits per heavy atom. The zero-order valence-electron chi connectivity index (χ0n) is 17.2. The second kappa shape index (κ2) is 9.46. The lowest BCUT2D eigenvalue weighted by Crippen LogP contribution is -2.49. The van der Waals surface area contributed by atoms with E-state index in [1.807, 2.05) is 30.3 Å². The summed E-state index contributed by atoms with van der Waals surface area (Å²) in [7, 11) is 0. The Kier molecular flexibility index (Phi) is 6.67. The molecule has 3 aromatic carbocycles. The predicted molar refractivity (Wildman–Crippen MR) is 121 cm³/mol. The minimum Gasteiger partial charge on any atom is -0.336 e. The molecule has 1 saturated heterocycles. The highest BCUT2D eigenvalue weighted by Gasteiger charge is 2.32. The SMILES string of the molecule is O=C(c1cccc(C(F)(F)F)c1)N1CCN([C@@H](c2ccccc2)c2ccc(Br)cc2)CC1. The van der Waals surface area contributed by atoms with E-state index in [2.05, 4.69) is 45.1 Å². The third kappa shape index (κ3) is 5.05. The molecule has 1 amide bonds. The number of carbonyl (C=O) groups excluding carboxylic acids is 1. The Labute approximate surface area is 193 Å². The summed E-state index contributed by atoms with van der Waals surface area (Å²) in [6.45, 7) is 2.16. The van der Waals surface area contributed by atoms with Gasteiger partial charge in [0.15, 0.2) is 0 Å². The van der Waals surface area contributed by atoms with Crippen LogP contribution in [0.1, 0.15) is 33.1 Å². The number of hydrogen-bond acceptors (Lipinski definition) is 2. The van der Waals surface area contributed by atoms with Gasteiger partial charge in [0.05, 0.1) is 11.6 Å². The molecule has 0 unspecified atom stereocenters. The summed E-state index contributed by atoms with van der Waals surface area (Å²) in [5, 5.41) is 0. The Morgan fingerprint density at radius 3 is 2.06 bits per heavy atom. The topological polar surface area (TPSA) is 23.6 Å². The van der Waals surface area contributed by atoms with E-state index < -0.39 is 11.7 Å². The first kappa shape index (κ1) is 22.6. The lowest BCUT2D eigenvalue weighted by Gasteiger charge is -2.40. The van der Waals surface area contributed by atoms with Crippen LogP contribution in [0.4, 0.5) is 13.2 Å². The highest BCUT2D eigenvalue weighted by Crippen LogP contribution is 2.32. The van der Waals surface area contributed by atoms with E-state index in [0.29, 0.717) is 26.2 Å². The molecule has 0 bridgehead atoms. The fraction of sp³-hybridized carbons (Fsp3) is 0.240. The number of amides is 1. The molecule has 3 aromatic rings. The van der Waals surface area contributed by atoms with Crippen LogP contribution >= 0.6 is 15.9 Å². The first-order valence-corrected chi connectivity index (χ1v) is 11.1. The predicted octanol–water partition coefficient (Wildman–Crippen LogP) is 6.02. The van der Waals surface area contributed by atoms with Crippen molar-refractivity contribution in [1.29, 1.82) is 0 Å². The van der Waals surface area contributed by atoms with Crippen LogP contribution in [0.3, 0.4) is 0 Å².